The van der Waals surface area contributed by atoms with Gasteiger partial charge in [0.1, 0.15) is 5.75 Å². The Morgan fingerprint density at radius 2 is 2.06 bits per heavy atom. The second kappa shape index (κ2) is 6.13. The minimum atomic E-state index is 0.277. The molecular weight excluding hydrogens is 318 g/mol. The molecule has 1 N–H and O–H groups in total. The standard InChI is InChI=1S/C12H11BrClN3O/c1-15-5-8-6-16-12(17-7-8)18-11-3-2-9(13)4-10(11)14/h2-4,6-7,15H,5H2,1H3. The van der Waals surface area contributed by atoms with Crippen molar-refractivity contribution in [1.29, 1.82) is 0 Å². The summed E-state index contributed by atoms with van der Waals surface area (Å²) >= 11 is 9.37. The zero-order valence-electron chi connectivity index (χ0n) is 9.65. The average molecular weight is 329 g/mol. The molecule has 2 rings (SSSR count). The molecule has 94 valence electrons. The summed E-state index contributed by atoms with van der Waals surface area (Å²) in [6.07, 6.45) is 3.43. The van der Waals surface area contributed by atoms with E-state index in [4.69, 9.17) is 16.3 Å². The summed E-state index contributed by atoms with van der Waals surface area (Å²) in [5.41, 5.74) is 0.992. The number of ether oxygens (including phenoxy) is 1. The molecule has 0 spiro atoms. The van der Waals surface area contributed by atoms with Gasteiger partial charge in [0.25, 0.3) is 0 Å². The molecule has 0 saturated heterocycles. The van der Waals surface area contributed by atoms with E-state index in [2.05, 4.69) is 31.2 Å². The second-order valence-corrected chi connectivity index (χ2v) is 4.90. The molecule has 4 nitrogen and oxygen atoms in total. The van der Waals surface area contributed by atoms with E-state index >= 15 is 0 Å². The van der Waals surface area contributed by atoms with Crippen LogP contribution in [0.5, 0.6) is 11.8 Å². The van der Waals surface area contributed by atoms with Gasteiger partial charge in [-0.3, -0.25) is 0 Å². The molecule has 0 unspecified atom stereocenters. The Labute approximate surface area is 118 Å². The highest BCUT2D eigenvalue weighted by Crippen LogP contribution is 2.30. The number of halogens is 2. The van der Waals surface area contributed by atoms with Crippen molar-refractivity contribution in [2.75, 3.05) is 7.05 Å². The van der Waals surface area contributed by atoms with Gasteiger partial charge in [-0.1, -0.05) is 27.5 Å². The molecule has 0 aliphatic carbocycles. The van der Waals surface area contributed by atoms with Crippen LogP contribution in [-0.2, 0) is 6.54 Å². The number of aromatic nitrogens is 2. The van der Waals surface area contributed by atoms with Crippen molar-refractivity contribution < 1.29 is 4.74 Å². The van der Waals surface area contributed by atoms with Gasteiger partial charge < -0.3 is 10.1 Å². The van der Waals surface area contributed by atoms with E-state index in [1.165, 1.54) is 0 Å². The summed E-state index contributed by atoms with van der Waals surface area (Å²) in [5.74, 6) is 0.529. The SMILES string of the molecule is CNCc1cnc(Oc2ccc(Br)cc2Cl)nc1. The van der Waals surface area contributed by atoms with Crippen molar-refractivity contribution in [1.82, 2.24) is 15.3 Å². The fourth-order valence-electron chi connectivity index (χ4n) is 1.35. The minimum Gasteiger partial charge on any atom is -0.423 e. The molecule has 1 aromatic heterocycles. The second-order valence-electron chi connectivity index (χ2n) is 3.58. The Hall–Kier alpha value is -1.17. The first kappa shape index (κ1) is 13.3. The Kier molecular flexibility index (Phi) is 4.52. The first-order chi connectivity index (χ1) is 8.69. The van der Waals surface area contributed by atoms with E-state index in [1.54, 1.807) is 24.5 Å². The molecule has 0 bridgehead atoms. The molecular formula is C12H11BrClN3O. The molecule has 0 radical (unpaired) electrons. The molecule has 1 heterocycles. The third-order valence-corrected chi connectivity index (χ3v) is 2.95. The van der Waals surface area contributed by atoms with E-state index in [0.717, 1.165) is 16.6 Å². The Morgan fingerprint density at radius 1 is 1.33 bits per heavy atom. The fraction of sp³-hybridized carbons (Fsp3) is 0.167. The Bertz CT molecular complexity index is 533. The van der Waals surface area contributed by atoms with Crippen LogP contribution in [0.1, 0.15) is 5.56 Å². The Balaban J connectivity index is 2.13. The largest absolute Gasteiger partial charge is 0.423 e. The van der Waals surface area contributed by atoms with E-state index < -0.39 is 0 Å². The molecule has 0 saturated carbocycles. The lowest BCUT2D eigenvalue weighted by Crippen LogP contribution is -2.06. The summed E-state index contributed by atoms with van der Waals surface area (Å²) in [4.78, 5) is 8.22. The number of rotatable bonds is 4. The zero-order valence-corrected chi connectivity index (χ0v) is 12.0. The average Bonchev–Trinajstić information content (AvgIpc) is 2.35. The van der Waals surface area contributed by atoms with Crippen LogP contribution in [0.15, 0.2) is 35.1 Å². The van der Waals surface area contributed by atoms with E-state index in [-0.39, 0.29) is 6.01 Å². The van der Waals surface area contributed by atoms with Crippen LogP contribution in [-0.4, -0.2) is 17.0 Å². The monoisotopic (exact) mass is 327 g/mol. The molecule has 1 aromatic carbocycles. The van der Waals surface area contributed by atoms with Gasteiger partial charge in [0.05, 0.1) is 5.02 Å². The van der Waals surface area contributed by atoms with E-state index in [1.807, 2.05) is 13.1 Å². The van der Waals surface area contributed by atoms with Crippen LogP contribution < -0.4 is 10.1 Å². The molecule has 2 aromatic rings. The van der Waals surface area contributed by atoms with Gasteiger partial charge in [0.15, 0.2) is 0 Å². The molecule has 0 aliphatic heterocycles. The minimum absolute atomic E-state index is 0.277. The van der Waals surface area contributed by atoms with Crippen LogP contribution in [0.4, 0.5) is 0 Å². The smallest absolute Gasteiger partial charge is 0.321 e. The van der Waals surface area contributed by atoms with Crippen molar-refractivity contribution >= 4 is 27.5 Å². The third kappa shape index (κ3) is 3.41. The van der Waals surface area contributed by atoms with Gasteiger partial charge in [-0.2, -0.15) is 0 Å². The maximum Gasteiger partial charge on any atom is 0.321 e. The fourth-order valence-corrected chi connectivity index (χ4v) is 2.06. The van der Waals surface area contributed by atoms with Gasteiger partial charge in [-0.25, -0.2) is 9.97 Å². The van der Waals surface area contributed by atoms with Gasteiger partial charge >= 0.3 is 6.01 Å². The lowest BCUT2D eigenvalue weighted by atomic mass is 10.3. The molecule has 6 heteroatoms. The van der Waals surface area contributed by atoms with E-state index in [0.29, 0.717) is 10.8 Å². The zero-order chi connectivity index (χ0) is 13.0. The van der Waals surface area contributed by atoms with Crippen molar-refractivity contribution in [3.05, 3.63) is 45.7 Å². The summed E-state index contributed by atoms with van der Waals surface area (Å²) in [7, 11) is 1.87. The van der Waals surface area contributed by atoms with Gasteiger partial charge in [0, 0.05) is 29.0 Å². The highest BCUT2D eigenvalue weighted by molar-refractivity contribution is 9.10. The van der Waals surface area contributed by atoms with E-state index in [9.17, 15) is 0 Å². The summed E-state index contributed by atoms with van der Waals surface area (Å²) in [6.45, 7) is 0.722. The maximum atomic E-state index is 6.04. The normalized spacial score (nSPS) is 10.4. The van der Waals surface area contributed by atoms with Crippen molar-refractivity contribution in [3.63, 3.8) is 0 Å². The number of hydrogen-bond donors (Lipinski definition) is 1. The van der Waals surface area contributed by atoms with Crippen molar-refractivity contribution in [2.45, 2.75) is 6.54 Å². The lowest BCUT2D eigenvalue weighted by molar-refractivity contribution is 0.441. The van der Waals surface area contributed by atoms with Crippen LogP contribution in [0, 0.1) is 0 Å². The van der Waals surface area contributed by atoms with Gasteiger partial charge in [-0.05, 0) is 25.2 Å². The van der Waals surface area contributed by atoms with Crippen LogP contribution in [0.25, 0.3) is 0 Å². The molecule has 18 heavy (non-hydrogen) atoms. The van der Waals surface area contributed by atoms with Gasteiger partial charge in [0.2, 0.25) is 0 Å². The summed E-state index contributed by atoms with van der Waals surface area (Å²) in [5, 5.41) is 3.53. The predicted octanol–water partition coefficient (Wildman–Crippen LogP) is 3.40. The topological polar surface area (TPSA) is 47.0 Å². The van der Waals surface area contributed by atoms with Crippen molar-refractivity contribution in [3.8, 4) is 11.8 Å². The number of hydrogen-bond acceptors (Lipinski definition) is 4. The highest BCUT2D eigenvalue weighted by Gasteiger charge is 2.05. The van der Waals surface area contributed by atoms with Gasteiger partial charge in [-0.15, -0.1) is 0 Å². The van der Waals surface area contributed by atoms with Crippen molar-refractivity contribution in [2.24, 2.45) is 0 Å². The lowest BCUT2D eigenvalue weighted by Gasteiger charge is -2.06. The van der Waals surface area contributed by atoms with Crippen LogP contribution >= 0.6 is 27.5 Å². The number of benzene rings is 1. The predicted molar refractivity (Wildman–Crippen MR) is 74.0 cm³/mol. The van der Waals surface area contributed by atoms with Crippen LogP contribution in [0.2, 0.25) is 5.02 Å². The first-order valence-corrected chi connectivity index (χ1v) is 6.44. The quantitative estimate of drug-likeness (QED) is 0.934. The first-order valence-electron chi connectivity index (χ1n) is 5.27. The Morgan fingerprint density at radius 3 is 2.67 bits per heavy atom. The number of nitrogens with one attached hydrogen (secondary N) is 1. The number of nitrogens with zero attached hydrogens (tertiary/aromatic N) is 2. The summed E-state index contributed by atoms with van der Waals surface area (Å²) in [6, 6.07) is 5.64. The third-order valence-electron chi connectivity index (χ3n) is 2.16. The van der Waals surface area contributed by atoms with Crippen LogP contribution in [0.3, 0.4) is 0 Å². The molecule has 0 fully saturated rings. The molecule has 0 amide bonds. The molecule has 0 aliphatic rings. The maximum absolute atomic E-state index is 6.04. The highest BCUT2D eigenvalue weighted by atomic mass is 79.9. The summed E-state index contributed by atoms with van der Waals surface area (Å²) < 4.78 is 6.40. The molecule has 0 atom stereocenters.